The lowest BCUT2D eigenvalue weighted by molar-refractivity contribution is -0.118. The summed E-state index contributed by atoms with van der Waals surface area (Å²) in [4.78, 5) is 17.5. The number of aromatic nitrogens is 1. The summed E-state index contributed by atoms with van der Waals surface area (Å²) in [7, 11) is 1.65. The Morgan fingerprint density at radius 1 is 1.15 bits per heavy atom. The lowest BCUT2D eigenvalue weighted by Gasteiger charge is -2.34. The molecular formula is C21H23N3O2. The van der Waals surface area contributed by atoms with Gasteiger partial charge in [0, 0.05) is 23.9 Å². The van der Waals surface area contributed by atoms with Crippen LogP contribution in [0.3, 0.4) is 0 Å². The van der Waals surface area contributed by atoms with E-state index in [4.69, 9.17) is 4.74 Å². The number of pyridine rings is 1. The molecule has 2 heterocycles. The molecule has 134 valence electrons. The number of carbonyl (C=O) groups excluding carboxylic acids is 1. The molecular weight excluding hydrogens is 326 g/mol. The first-order valence-electron chi connectivity index (χ1n) is 8.86. The van der Waals surface area contributed by atoms with Crippen molar-refractivity contribution in [3.63, 3.8) is 0 Å². The lowest BCUT2D eigenvalue weighted by Crippen LogP contribution is -2.31. The summed E-state index contributed by atoms with van der Waals surface area (Å²) in [5.41, 5.74) is 3.67. The van der Waals surface area contributed by atoms with Gasteiger partial charge in [-0.2, -0.15) is 0 Å². The molecule has 1 aromatic carbocycles. The molecule has 0 radical (unpaired) electrons. The zero-order chi connectivity index (χ0) is 18.3. The third-order valence-electron chi connectivity index (χ3n) is 5.03. The monoisotopic (exact) mass is 349 g/mol. The fraction of sp³-hybridized carbons (Fsp3) is 0.333. The molecule has 2 N–H and O–H groups in total. The Morgan fingerprint density at radius 2 is 1.92 bits per heavy atom. The molecule has 0 amide bonds. The van der Waals surface area contributed by atoms with Gasteiger partial charge in [0.05, 0.1) is 18.8 Å². The minimum absolute atomic E-state index is 0.0555. The summed E-state index contributed by atoms with van der Waals surface area (Å²) in [5.74, 6) is 1.74. The molecule has 2 aliphatic rings. The first-order chi connectivity index (χ1) is 12.5. The van der Waals surface area contributed by atoms with Crippen molar-refractivity contribution < 1.29 is 9.53 Å². The number of methoxy groups -OCH3 is 1. The zero-order valence-corrected chi connectivity index (χ0v) is 15.3. The van der Waals surface area contributed by atoms with Crippen LogP contribution in [0.4, 0.5) is 11.5 Å². The number of nitrogens with one attached hydrogen (secondary N) is 2. The van der Waals surface area contributed by atoms with Crippen LogP contribution in [0.15, 0.2) is 53.9 Å². The normalized spacial score (nSPS) is 21.0. The first kappa shape index (κ1) is 16.6. The van der Waals surface area contributed by atoms with Crippen LogP contribution in [-0.4, -0.2) is 17.9 Å². The van der Waals surface area contributed by atoms with Gasteiger partial charge in [-0.05, 0) is 41.7 Å². The van der Waals surface area contributed by atoms with Crippen molar-refractivity contribution in [2.24, 2.45) is 5.41 Å². The number of ether oxygens (including phenoxy) is 1. The molecule has 0 unspecified atom stereocenters. The van der Waals surface area contributed by atoms with Crippen LogP contribution >= 0.6 is 0 Å². The molecule has 1 atom stereocenters. The molecule has 0 spiro atoms. The Morgan fingerprint density at radius 3 is 2.65 bits per heavy atom. The van der Waals surface area contributed by atoms with Crippen LogP contribution in [0.25, 0.3) is 0 Å². The standard InChI is InChI=1S/C21H23N3O2/c1-21(2)11-16-18(17(25)12-21)19(13-6-8-14(26-3)9-7-13)24-20-15(23-16)5-4-10-22-20/h4-10,19,23H,11-12H2,1-3H3,(H,22,24)/t19-/m0/s1. The highest BCUT2D eigenvalue weighted by Gasteiger charge is 2.38. The maximum absolute atomic E-state index is 13.1. The predicted octanol–water partition coefficient (Wildman–Crippen LogP) is 4.31. The van der Waals surface area contributed by atoms with E-state index >= 15 is 0 Å². The van der Waals surface area contributed by atoms with E-state index in [0.29, 0.717) is 6.42 Å². The number of fused-ring (bicyclic) bond motifs is 1. The van der Waals surface area contributed by atoms with Gasteiger partial charge in [-0.3, -0.25) is 4.79 Å². The Labute approximate surface area is 153 Å². The molecule has 4 rings (SSSR count). The summed E-state index contributed by atoms with van der Waals surface area (Å²) in [5, 5.41) is 6.96. The van der Waals surface area contributed by atoms with Crippen molar-refractivity contribution in [2.75, 3.05) is 17.7 Å². The van der Waals surface area contributed by atoms with Gasteiger partial charge in [0.1, 0.15) is 11.6 Å². The van der Waals surface area contributed by atoms with Crippen molar-refractivity contribution in [2.45, 2.75) is 32.7 Å². The Hall–Kier alpha value is -2.82. The van der Waals surface area contributed by atoms with Crippen molar-refractivity contribution in [1.29, 1.82) is 0 Å². The maximum atomic E-state index is 13.1. The van der Waals surface area contributed by atoms with Crippen LogP contribution in [0.2, 0.25) is 0 Å². The van der Waals surface area contributed by atoms with Gasteiger partial charge in [-0.15, -0.1) is 0 Å². The summed E-state index contributed by atoms with van der Waals surface area (Å²) in [6, 6.07) is 11.5. The number of benzene rings is 1. The molecule has 1 aromatic heterocycles. The van der Waals surface area contributed by atoms with Crippen molar-refractivity contribution in [3.8, 4) is 5.75 Å². The average molecular weight is 349 g/mol. The van der Waals surface area contributed by atoms with Crippen molar-refractivity contribution in [3.05, 3.63) is 59.4 Å². The fourth-order valence-corrected chi connectivity index (χ4v) is 3.82. The third-order valence-corrected chi connectivity index (χ3v) is 5.03. The lowest BCUT2D eigenvalue weighted by atomic mass is 9.73. The number of hydrogen-bond donors (Lipinski definition) is 2. The van der Waals surface area contributed by atoms with Crippen molar-refractivity contribution >= 4 is 17.3 Å². The highest BCUT2D eigenvalue weighted by molar-refractivity contribution is 6.00. The Kier molecular flexibility index (Phi) is 3.94. The summed E-state index contributed by atoms with van der Waals surface area (Å²) < 4.78 is 5.27. The molecule has 0 saturated heterocycles. The molecule has 2 aromatic rings. The van der Waals surface area contributed by atoms with E-state index in [9.17, 15) is 4.79 Å². The number of nitrogens with zero attached hydrogens (tertiary/aromatic N) is 1. The number of ketones is 1. The van der Waals surface area contributed by atoms with E-state index in [1.165, 1.54) is 0 Å². The minimum atomic E-state index is -0.233. The molecule has 26 heavy (non-hydrogen) atoms. The predicted molar refractivity (Wildman–Crippen MR) is 102 cm³/mol. The van der Waals surface area contributed by atoms with E-state index in [1.807, 2.05) is 36.4 Å². The van der Waals surface area contributed by atoms with Crippen LogP contribution in [-0.2, 0) is 4.79 Å². The second kappa shape index (κ2) is 6.16. The largest absolute Gasteiger partial charge is 0.497 e. The Bertz CT molecular complexity index is 884. The highest BCUT2D eigenvalue weighted by Crippen LogP contribution is 2.44. The molecule has 0 bridgehead atoms. The van der Waals surface area contributed by atoms with Gasteiger partial charge < -0.3 is 15.4 Å². The second-order valence-electron chi connectivity index (χ2n) is 7.71. The van der Waals surface area contributed by atoms with Crippen LogP contribution in [0, 0.1) is 5.41 Å². The van der Waals surface area contributed by atoms with Gasteiger partial charge in [-0.25, -0.2) is 4.98 Å². The minimum Gasteiger partial charge on any atom is -0.497 e. The molecule has 1 aliphatic carbocycles. The number of rotatable bonds is 2. The quantitative estimate of drug-likeness (QED) is 0.846. The van der Waals surface area contributed by atoms with Gasteiger partial charge >= 0.3 is 0 Å². The molecule has 0 saturated carbocycles. The Balaban J connectivity index is 1.85. The number of anilines is 2. The molecule has 5 nitrogen and oxygen atoms in total. The van der Waals surface area contributed by atoms with Gasteiger partial charge in [-0.1, -0.05) is 26.0 Å². The fourth-order valence-electron chi connectivity index (χ4n) is 3.82. The topological polar surface area (TPSA) is 63.2 Å². The van der Waals surface area contributed by atoms with Crippen molar-refractivity contribution in [1.82, 2.24) is 4.98 Å². The van der Waals surface area contributed by atoms with E-state index in [0.717, 1.165) is 40.5 Å². The number of Topliss-reactive ketones (excluding diaryl/α,β-unsaturated/α-hetero) is 1. The number of hydrogen-bond acceptors (Lipinski definition) is 5. The van der Waals surface area contributed by atoms with E-state index in [-0.39, 0.29) is 17.2 Å². The third kappa shape index (κ3) is 2.94. The van der Waals surface area contributed by atoms with Crippen LogP contribution < -0.4 is 15.4 Å². The smallest absolute Gasteiger partial charge is 0.163 e. The maximum Gasteiger partial charge on any atom is 0.163 e. The molecule has 1 aliphatic heterocycles. The molecule has 5 heteroatoms. The van der Waals surface area contributed by atoms with Crippen LogP contribution in [0.5, 0.6) is 5.75 Å². The zero-order valence-electron chi connectivity index (χ0n) is 15.3. The highest BCUT2D eigenvalue weighted by atomic mass is 16.5. The number of carbonyl (C=O) groups is 1. The summed E-state index contributed by atoms with van der Waals surface area (Å²) in [6.07, 6.45) is 3.14. The number of allylic oxidation sites excluding steroid dienone is 1. The summed E-state index contributed by atoms with van der Waals surface area (Å²) >= 11 is 0. The van der Waals surface area contributed by atoms with Gasteiger partial charge in [0.15, 0.2) is 5.78 Å². The SMILES string of the molecule is COc1ccc([C@@H]2Nc3ncccc3NC3=C2C(=O)CC(C)(C)C3)cc1. The second-order valence-corrected chi connectivity index (χ2v) is 7.71. The van der Waals surface area contributed by atoms with Gasteiger partial charge in [0.2, 0.25) is 0 Å². The summed E-state index contributed by atoms with van der Waals surface area (Å²) in [6.45, 7) is 4.28. The van der Waals surface area contributed by atoms with E-state index < -0.39 is 0 Å². The first-order valence-corrected chi connectivity index (χ1v) is 8.86. The van der Waals surface area contributed by atoms with Crippen LogP contribution in [0.1, 0.15) is 38.3 Å². The van der Waals surface area contributed by atoms with E-state index in [2.05, 4.69) is 29.5 Å². The molecule has 0 fully saturated rings. The van der Waals surface area contributed by atoms with E-state index in [1.54, 1.807) is 13.3 Å². The average Bonchev–Trinajstić information content (AvgIpc) is 2.77. The van der Waals surface area contributed by atoms with Gasteiger partial charge in [0.25, 0.3) is 0 Å².